The Morgan fingerprint density at radius 1 is 0.293 bits per heavy atom. The van der Waals surface area contributed by atoms with Crippen molar-refractivity contribution in [3.05, 3.63) is 0 Å². The second-order valence-corrected chi connectivity index (χ2v) is 18.6. The molecule has 4 nitrogen and oxygen atoms in total. The highest BCUT2D eigenvalue weighted by atomic mass is 16.5. The van der Waals surface area contributed by atoms with Gasteiger partial charge in [0.25, 0.3) is 0 Å². The molecular formula is C54H106O4. The van der Waals surface area contributed by atoms with E-state index in [1.54, 1.807) is 0 Å². The topological polar surface area (TPSA) is 52.6 Å². The van der Waals surface area contributed by atoms with Gasteiger partial charge in [-0.2, -0.15) is 0 Å². The van der Waals surface area contributed by atoms with E-state index in [4.69, 9.17) is 9.47 Å². The summed E-state index contributed by atoms with van der Waals surface area (Å²) in [5.41, 5.74) is 0. The van der Waals surface area contributed by atoms with Gasteiger partial charge in [-0.3, -0.25) is 9.59 Å². The summed E-state index contributed by atoms with van der Waals surface area (Å²) in [5.74, 6) is 0.0417. The van der Waals surface area contributed by atoms with Crippen LogP contribution in [0.5, 0.6) is 0 Å². The summed E-state index contributed by atoms with van der Waals surface area (Å²) in [5, 5.41) is 0. The number of carbonyl (C=O) groups excluding carboxylic acids is 2. The van der Waals surface area contributed by atoms with E-state index < -0.39 is 0 Å². The van der Waals surface area contributed by atoms with Crippen molar-refractivity contribution in [2.24, 2.45) is 0 Å². The van der Waals surface area contributed by atoms with Crippen molar-refractivity contribution in [3.8, 4) is 0 Å². The third-order valence-corrected chi connectivity index (χ3v) is 12.6. The van der Waals surface area contributed by atoms with Crippen LogP contribution in [0.2, 0.25) is 0 Å². The molecule has 0 saturated carbocycles. The Labute approximate surface area is 365 Å². The van der Waals surface area contributed by atoms with E-state index in [1.807, 2.05) is 0 Å². The van der Waals surface area contributed by atoms with E-state index in [9.17, 15) is 9.59 Å². The van der Waals surface area contributed by atoms with Gasteiger partial charge in [0.2, 0.25) is 0 Å². The average molecular weight is 819 g/mol. The lowest BCUT2D eigenvalue weighted by Crippen LogP contribution is -2.18. The van der Waals surface area contributed by atoms with Crippen molar-refractivity contribution >= 4 is 11.9 Å². The Balaban J connectivity index is 3.67. The van der Waals surface area contributed by atoms with Crippen LogP contribution in [0.15, 0.2) is 0 Å². The molecule has 0 radical (unpaired) electrons. The van der Waals surface area contributed by atoms with E-state index in [-0.39, 0.29) is 18.0 Å². The van der Waals surface area contributed by atoms with Crippen LogP contribution in [0.4, 0.5) is 0 Å². The largest absolute Gasteiger partial charge is 0.466 e. The normalized spacial score (nSPS) is 12.0. The van der Waals surface area contributed by atoms with Crippen LogP contribution in [-0.4, -0.2) is 24.6 Å². The quantitative estimate of drug-likeness (QED) is 0.0453. The summed E-state index contributed by atoms with van der Waals surface area (Å²) >= 11 is 0. The zero-order chi connectivity index (χ0) is 42.1. The van der Waals surface area contributed by atoms with Gasteiger partial charge in [-0.15, -0.1) is 0 Å². The maximum Gasteiger partial charge on any atom is 0.306 e. The first kappa shape index (κ1) is 56.9. The van der Waals surface area contributed by atoms with Crippen LogP contribution in [0, 0.1) is 0 Å². The molecule has 0 aromatic carbocycles. The van der Waals surface area contributed by atoms with Crippen LogP contribution >= 0.6 is 0 Å². The van der Waals surface area contributed by atoms with E-state index in [1.165, 1.54) is 238 Å². The van der Waals surface area contributed by atoms with E-state index in [0.29, 0.717) is 19.4 Å². The third kappa shape index (κ3) is 47.6. The molecule has 0 fully saturated rings. The average Bonchev–Trinajstić information content (AvgIpc) is 3.22. The zero-order valence-corrected chi connectivity index (χ0v) is 40.2. The van der Waals surface area contributed by atoms with Crippen LogP contribution < -0.4 is 0 Å². The molecule has 0 bridgehead atoms. The molecule has 0 aliphatic carbocycles. The number of ether oxygens (including phenoxy) is 2. The highest BCUT2D eigenvalue weighted by Crippen LogP contribution is 2.20. The van der Waals surface area contributed by atoms with Crippen molar-refractivity contribution in [1.82, 2.24) is 0 Å². The number of unbranched alkanes of at least 4 members (excludes halogenated alkanes) is 39. The van der Waals surface area contributed by atoms with Gasteiger partial charge in [0.05, 0.1) is 6.61 Å². The van der Waals surface area contributed by atoms with Crippen molar-refractivity contribution in [2.75, 3.05) is 6.61 Å². The molecule has 0 rings (SSSR count). The molecule has 0 heterocycles. The molecule has 0 amide bonds. The van der Waals surface area contributed by atoms with Gasteiger partial charge < -0.3 is 9.47 Å². The predicted molar refractivity (Wildman–Crippen MR) is 255 cm³/mol. The van der Waals surface area contributed by atoms with Crippen molar-refractivity contribution < 1.29 is 19.1 Å². The SMILES string of the molecule is CCCCCCCCCCCCCCCCCCOC(=O)CCCCCCCCCCC(CCCCCC)OC(=O)CCCCCCCCCCCCCCCCC. The standard InChI is InChI=1S/C54H106O4/c1-4-7-10-13-15-17-19-21-23-25-27-29-33-37-41-46-51-57-53(55)49-44-39-35-32-31-34-38-43-48-52(47-42-12-9-6-3)58-54(56)50-45-40-36-30-28-26-24-22-20-18-16-14-11-8-5-2/h52H,4-51H2,1-3H3. The Hall–Kier alpha value is -1.06. The molecule has 58 heavy (non-hydrogen) atoms. The van der Waals surface area contributed by atoms with Gasteiger partial charge >= 0.3 is 11.9 Å². The van der Waals surface area contributed by atoms with Crippen LogP contribution in [0.1, 0.15) is 323 Å². The Bertz CT molecular complexity index is 796. The lowest BCUT2D eigenvalue weighted by Gasteiger charge is -2.18. The first-order chi connectivity index (χ1) is 28.6. The Kier molecular flexibility index (Phi) is 49.4. The molecule has 346 valence electrons. The molecule has 0 saturated heterocycles. The van der Waals surface area contributed by atoms with Crippen LogP contribution in [0.25, 0.3) is 0 Å². The Morgan fingerprint density at radius 2 is 0.534 bits per heavy atom. The fourth-order valence-electron chi connectivity index (χ4n) is 8.56. The lowest BCUT2D eigenvalue weighted by atomic mass is 10.0. The van der Waals surface area contributed by atoms with Gasteiger partial charge in [-0.25, -0.2) is 0 Å². The van der Waals surface area contributed by atoms with Gasteiger partial charge in [-0.05, 0) is 44.9 Å². The highest BCUT2D eigenvalue weighted by molar-refractivity contribution is 5.69. The lowest BCUT2D eigenvalue weighted by molar-refractivity contribution is -0.150. The van der Waals surface area contributed by atoms with E-state index in [2.05, 4.69) is 20.8 Å². The number of hydrogen-bond donors (Lipinski definition) is 0. The van der Waals surface area contributed by atoms with Gasteiger partial charge in [0.1, 0.15) is 6.10 Å². The van der Waals surface area contributed by atoms with Gasteiger partial charge in [-0.1, -0.05) is 265 Å². The molecular weight excluding hydrogens is 713 g/mol. The van der Waals surface area contributed by atoms with Crippen LogP contribution in [0.3, 0.4) is 0 Å². The number of rotatable bonds is 50. The summed E-state index contributed by atoms with van der Waals surface area (Å²) in [6.07, 6.45) is 59.8. The first-order valence-electron chi connectivity index (χ1n) is 27.0. The minimum Gasteiger partial charge on any atom is -0.466 e. The number of hydrogen-bond acceptors (Lipinski definition) is 4. The zero-order valence-electron chi connectivity index (χ0n) is 40.2. The summed E-state index contributed by atoms with van der Waals surface area (Å²) in [7, 11) is 0. The van der Waals surface area contributed by atoms with Gasteiger partial charge in [0, 0.05) is 12.8 Å². The second-order valence-electron chi connectivity index (χ2n) is 18.6. The van der Waals surface area contributed by atoms with Gasteiger partial charge in [0.15, 0.2) is 0 Å². The van der Waals surface area contributed by atoms with Crippen molar-refractivity contribution in [2.45, 2.75) is 329 Å². The van der Waals surface area contributed by atoms with Crippen molar-refractivity contribution in [3.63, 3.8) is 0 Å². The van der Waals surface area contributed by atoms with Crippen molar-refractivity contribution in [1.29, 1.82) is 0 Å². The van der Waals surface area contributed by atoms with Crippen LogP contribution in [-0.2, 0) is 19.1 Å². The van der Waals surface area contributed by atoms with E-state index >= 15 is 0 Å². The predicted octanol–water partition coefficient (Wildman–Crippen LogP) is 18.8. The monoisotopic (exact) mass is 819 g/mol. The van der Waals surface area contributed by atoms with E-state index in [0.717, 1.165) is 51.4 Å². The Morgan fingerprint density at radius 3 is 0.862 bits per heavy atom. The summed E-state index contributed by atoms with van der Waals surface area (Å²) in [6, 6.07) is 0. The third-order valence-electron chi connectivity index (χ3n) is 12.6. The fraction of sp³-hybridized carbons (Fsp3) is 0.963. The molecule has 1 unspecified atom stereocenters. The molecule has 0 N–H and O–H groups in total. The molecule has 0 aliphatic rings. The molecule has 4 heteroatoms. The molecule has 1 atom stereocenters. The molecule has 0 spiro atoms. The first-order valence-corrected chi connectivity index (χ1v) is 27.0. The number of esters is 2. The molecule has 0 aromatic heterocycles. The maximum absolute atomic E-state index is 12.7. The summed E-state index contributed by atoms with van der Waals surface area (Å²) < 4.78 is 11.5. The fourth-order valence-corrected chi connectivity index (χ4v) is 8.56. The summed E-state index contributed by atoms with van der Waals surface area (Å²) in [6.45, 7) is 7.44. The smallest absolute Gasteiger partial charge is 0.306 e. The molecule has 0 aromatic rings. The molecule has 0 aliphatic heterocycles. The highest BCUT2D eigenvalue weighted by Gasteiger charge is 2.14. The number of carbonyl (C=O) groups is 2. The minimum atomic E-state index is 0.000667. The summed E-state index contributed by atoms with van der Waals surface area (Å²) in [4.78, 5) is 24.8. The second kappa shape index (κ2) is 50.3. The maximum atomic E-state index is 12.7. The minimum absolute atomic E-state index is 0.000667.